The van der Waals surface area contributed by atoms with Crippen LogP contribution < -0.4 is 10.1 Å². The molecule has 10 nitrogen and oxygen atoms in total. The monoisotopic (exact) mass is 467 g/mol. The fourth-order valence-electron chi connectivity index (χ4n) is 2.92. The topological polar surface area (TPSA) is 125 Å². The van der Waals surface area contributed by atoms with Gasteiger partial charge in [-0.25, -0.2) is 9.67 Å². The number of benzene rings is 2. The van der Waals surface area contributed by atoms with E-state index in [0.717, 1.165) is 5.56 Å². The summed E-state index contributed by atoms with van der Waals surface area (Å²) < 4.78 is 12.7. The summed E-state index contributed by atoms with van der Waals surface area (Å²) in [4.78, 5) is 26.8. The van der Waals surface area contributed by atoms with Crippen LogP contribution in [-0.4, -0.2) is 25.6 Å². The number of nitrogens with one attached hydrogen (secondary N) is 1. The number of nitro groups is 1. The lowest BCUT2D eigenvalue weighted by atomic mass is 10.1. The number of hydrogen-bond acceptors (Lipinski definition) is 7. The number of ether oxygens (including phenoxy) is 1. The van der Waals surface area contributed by atoms with E-state index in [1.807, 2.05) is 31.2 Å². The lowest BCUT2D eigenvalue weighted by Gasteiger charge is -2.06. The van der Waals surface area contributed by atoms with Gasteiger partial charge in [-0.15, -0.1) is 5.10 Å². The number of non-ortho nitro benzene ring substituents is 1. The molecule has 0 aliphatic rings. The normalized spacial score (nSPS) is 10.7. The lowest BCUT2D eigenvalue weighted by Crippen LogP contribution is -2.12. The molecular weight excluding hydrogens is 450 g/mol. The smallest absolute Gasteiger partial charge is 0.293 e. The second kappa shape index (κ2) is 9.53. The predicted molar refractivity (Wildman–Crippen MR) is 119 cm³/mol. The minimum atomic E-state index is -0.548. The molecule has 4 aromatic rings. The number of carbonyl (C=O) groups is 1. The number of carbonyl (C=O) groups excluding carboxylic acids is 1. The molecule has 2 aromatic heterocycles. The summed E-state index contributed by atoms with van der Waals surface area (Å²) in [7, 11) is 0. The van der Waals surface area contributed by atoms with Crippen LogP contribution in [0.2, 0.25) is 5.02 Å². The summed E-state index contributed by atoms with van der Waals surface area (Å²) in [6.07, 6.45) is 1.53. The molecule has 0 unspecified atom stereocenters. The van der Waals surface area contributed by atoms with Gasteiger partial charge in [0.1, 0.15) is 24.4 Å². The van der Waals surface area contributed by atoms with Crippen molar-refractivity contribution >= 4 is 29.1 Å². The van der Waals surface area contributed by atoms with Gasteiger partial charge >= 0.3 is 0 Å². The number of anilines is 1. The molecule has 11 heteroatoms. The van der Waals surface area contributed by atoms with Gasteiger partial charge in [-0.2, -0.15) is 0 Å². The van der Waals surface area contributed by atoms with Crippen molar-refractivity contribution in [3.05, 3.63) is 98.7 Å². The number of nitrogens with zero attached hydrogens (tertiary/aromatic N) is 4. The Hall–Kier alpha value is -4.18. The van der Waals surface area contributed by atoms with Crippen LogP contribution in [0.5, 0.6) is 5.75 Å². The van der Waals surface area contributed by atoms with Crippen molar-refractivity contribution in [2.24, 2.45) is 0 Å². The van der Waals surface area contributed by atoms with E-state index in [-0.39, 0.29) is 34.8 Å². The number of aromatic nitrogens is 3. The molecule has 1 amide bonds. The minimum Gasteiger partial charge on any atom is -0.484 e. The zero-order valence-corrected chi connectivity index (χ0v) is 18.2. The summed E-state index contributed by atoms with van der Waals surface area (Å²) in [6, 6.07) is 15.0. The van der Waals surface area contributed by atoms with Crippen molar-refractivity contribution in [2.75, 3.05) is 5.32 Å². The largest absolute Gasteiger partial charge is 0.484 e. The molecule has 0 aliphatic heterocycles. The van der Waals surface area contributed by atoms with Crippen molar-refractivity contribution in [1.29, 1.82) is 0 Å². The van der Waals surface area contributed by atoms with Gasteiger partial charge in [-0.05, 0) is 30.7 Å². The van der Waals surface area contributed by atoms with Gasteiger partial charge in [0.05, 0.1) is 16.5 Å². The van der Waals surface area contributed by atoms with Gasteiger partial charge in [0.25, 0.3) is 11.6 Å². The summed E-state index contributed by atoms with van der Waals surface area (Å²) in [5.41, 5.74) is 2.09. The summed E-state index contributed by atoms with van der Waals surface area (Å²) in [5, 5.41) is 17.7. The Balaban J connectivity index is 1.33. The molecule has 0 saturated heterocycles. The Labute approximate surface area is 192 Å². The fourth-order valence-corrected chi connectivity index (χ4v) is 3.15. The molecule has 0 atom stereocenters. The molecule has 2 heterocycles. The number of rotatable bonds is 8. The van der Waals surface area contributed by atoms with E-state index in [0.29, 0.717) is 12.3 Å². The summed E-state index contributed by atoms with van der Waals surface area (Å²) in [5.74, 6) is 0.320. The van der Waals surface area contributed by atoms with Crippen molar-refractivity contribution in [3.8, 4) is 5.75 Å². The third-order valence-electron chi connectivity index (χ3n) is 4.61. The first-order valence-electron chi connectivity index (χ1n) is 9.79. The maximum absolute atomic E-state index is 12.4. The average molecular weight is 468 g/mol. The second-order valence-corrected chi connectivity index (χ2v) is 7.54. The zero-order chi connectivity index (χ0) is 23.4. The molecule has 4 rings (SSSR count). The maximum atomic E-state index is 12.4. The lowest BCUT2D eigenvalue weighted by molar-refractivity contribution is -0.384. The molecule has 0 saturated carbocycles. The van der Waals surface area contributed by atoms with Gasteiger partial charge in [0.2, 0.25) is 5.95 Å². The van der Waals surface area contributed by atoms with E-state index in [1.165, 1.54) is 36.2 Å². The highest BCUT2D eigenvalue weighted by Crippen LogP contribution is 2.29. The van der Waals surface area contributed by atoms with Gasteiger partial charge in [-0.3, -0.25) is 20.2 Å². The standard InChI is InChI=1S/C22H18ClN5O5/c1-14-2-4-15(5-3-14)11-27-13-24-22(26-27)25-21(29)20-9-7-17(33-20)12-32-19-8-6-16(28(30)31)10-18(19)23/h2-10,13H,11-12H2,1H3,(H,25,26,29). The van der Waals surface area contributed by atoms with Crippen molar-refractivity contribution in [3.63, 3.8) is 0 Å². The molecule has 0 radical (unpaired) electrons. The molecule has 0 spiro atoms. The number of aryl methyl sites for hydroxylation is 1. The van der Waals surface area contributed by atoms with Crippen molar-refractivity contribution in [2.45, 2.75) is 20.1 Å². The summed E-state index contributed by atoms with van der Waals surface area (Å²) >= 11 is 6.01. The molecule has 168 valence electrons. The summed E-state index contributed by atoms with van der Waals surface area (Å²) in [6.45, 7) is 2.52. The van der Waals surface area contributed by atoms with E-state index in [9.17, 15) is 14.9 Å². The van der Waals surface area contributed by atoms with Crippen molar-refractivity contribution < 1.29 is 18.9 Å². The van der Waals surface area contributed by atoms with Gasteiger partial charge in [0.15, 0.2) is 5.76 Å². The van der Waals surface area contributed by atoms with E-state index < -0.39 is 10.8 Å². The highest BCUT2D eigenvalue weighted by atomic mass is 35.5. The van der Waals surface area contributed by atoms with Gasteiger partial charge < -0.3 is 9.15 Å². The molecule has 33 heavy (non-hydrogen) atoms. The van der Waals surface area contributed by atoms with Crippen LogP contribution in [0.15, 0.2) is 65.3 Å². The molecule has 1 N–H and O–H groups in total. The fraction of sp³-hybridized carbons (Fsp3) is 0.136. The third-order valence-corrected chi connectivity index (χ3v) is 4.90. The number of hydrogen-bond donors (Lipinski definition) is 1. The maximum Gasteiger partial charge on any atom is 0.293 e. The third kappa shape index (κ3) is 5.55. The SMILES string of the molecule is Cc1ccc(Cn2cnc(NC(=O)c3ccc(COc4ccc([N+](=O)[O-])cc4Cl)o3)n2)cc1. The number of amides is 1. The van der Waals surface area contributed by atoms with Crippen LogP contribution in [-0.2, 0) is 13.2 Å². The Kier molecular flexibility index (Phi) is 6.36. The van der Waals surface area contributed by atoms with Gasteiger partial charge in [0, 0.05) is 12.1 Å². The number of furan rings is 1. The first-order valence-corrected chi connectivity index (χ1v) is 10.2. The zero-order valence-electron chi connectivity index (χ0n) is 17.4. The van der Waals surface area contributed by atoms with E-state index in [4.69, 9.17) is 20.8 Å². The van der Waals surface area contributed by atoms with Crippen LogP contribution in [0, 0.1) is 17.0 Å². The number of halogens is 1. The predicted octanol–water partition coefficient (Wildman–Crippen LogP) is 4.62. The van der Waals surface area contributed by atoms with Crippen LogP contribution in [0.4, 0.5) is 11.6 Å². The highest BCUT2D eigenvalue weighted by molar-refractivity contribution is 6.32. The minimum absolute atomic E-state index is 0.0196. The van der Waals surface area contributed by atoms with Crippen LogP contribution in [0.3, 0.4) is 0 Å². The molecule has 2 aromatic carbocycles. The first kappa shape index (κ1) is 22.0. The van der Waals surface area contributed by atoms with Crippen LogP contribution >= 0.6 is 11.6 Å². The quantitative estimate of drug-likeness (QED) is 0.296. The molecule has 0 fully saturated rings. The van der Waals surface area contributed by atoms with E-state index >= 15 is 0 Å². The molecule has 0 aliphatic carbocycles. The van der Waals surface area contributed by atoms with Crippen molar-refractivity contribution in [1.82, 2.24) is 14.8 Å². The van der Waals surface area contributed by atoms with Crippen LogP contribution in [0.25, 0.3) is 0 Å². The van der Waals surface area contributed by atoms with Crippen LogP contribution in [0.1, 0.15) is 27.4 Å². The Bertz CT molecular complexity index is 1300. The molecular formula is C22H18ClN5O5. The molecule has 0 bridgehead atoms. The Morgan fingerprint density at radius 1 is 1.21 bits per heavy atom. The van der Waals surface area contributed by atoms with Gasteiger partial charge in [-0.1, -0.05) is 41.4 Å². The second-order valence-electron chi connectivity index (χ2n) is 7.13. The first-order chi connectivity index (χ1) is 15.9. The van der Waals surface area contributed by atoms with E-state index in [2.05, 4.69) is 15.4 Å². The highest BCUT2D eigenvalue weighted by Gasteiger charge is 2.15. The Morgan fingerprint density at radius 3 is 2.73 bits per heavy atom. The average Bonchev–Trinajstić information content (AvgIpc) is 3.44. The van der Waals surface area contributed by atoms with E-state index in [1.54, 1.807) is 10.7 Å². The Morgan fingerprint density at radius 2 is 2.00 bits per heavy atom. The number of nitro benzene ring substituents is 1.